The van der Waals surface area contributed by atoms with E-state index in [0.717, 1.165) is 11.3 Å². The number of halogens is 1. The molecule has 0 saturated carbocycles. The molecule has 0 atom stereocenters. The van der Waals surface area contributed by atoms with Crippen molar-refractivity contribution in [1.29, 1.82) is 0 Å². The fraction of sp³-hybridized carbons (Fsp3) is 0.381. The van der Waals surface area contributed by atoms with Crippen molar-refractivity contribution in [3.05, 3.63) is 58.6 Å². The molecular formula is C21H26ClNO3. The summed E-state index contributed by atoms with van der Waals surface area (Å²) in [6.07, 6.45) is 0. The Morgan fingerprint density at radius 3 is 2.31 bits per heavy atom. The smallest absolute Gasteiger partial charge is 0.258 e. The van der Waals surface area contributed by atoms with Gasteiger partial charge in [-0.25, -0.2) is 0 Å². The van der Waals surface area contributed by atoms with Gasteiger partial charge in [-0.05, 0) is 53.8 Å². The molecule has 2 aromatic rings. The summed E-state index contributed by atoms with van der Waals surface area (Å²) in [6, 6.07) is 13.3. The number of amides is 1. The lowest BCUT2D eigenvalue weighted by Gasteiger charge is -2.19. The Labute approximate surface area is 160 Å². The summed E-state index contributed by atoms with van der Waals surface area (Å²) in [5.74, 6) is 1.22. The van der Waals surface area contributed by atoms with Gasteiger partial charge >= 0.3 is 0 Å². The number of carbonyl (C=O) groups is 1. The van der Waals surface area contributed by atoms with Crippen LogP contribution in [0.3, 0.4) is 0 Å². The van der Waals surface area contributed by atoms with Crippen molar-refractivity contribution in [3.8, 4) is 11.5 Å². The molecule has 4 nitrogen and oxygen atoms in total. The second kappa shape index (κ2) is 8.95. The van der Waals surface area contributed by atoms with Crippen LogP contribution in [-0.2, 0) is 10.2 Å². The fourth-order valence-corrected chi connectivity index (χ4v) is 2.43. The maximum Gasteiger partial charge on any atom is 0.258 e. The second-order valence-electron chi connectivity index (χ2n) is 7.17. The molecule has 0 aliphatic rings. The summed E-state index contributed by atoms with van der Waals surface area (Å²) < 4.78 is 11.1. The van der Waals surface area contributed by atoms with Crippen molar-refractivity contribution in [2.45, 2.75) is 33.1 Å². The minimum absolute atomic E-state index is 0.0403. The molecule has 0 fully saturated rings. The Morgan fingerprint density at radius 1 is 1.04 bits per heavy atom. The molecule has 0 aliphatic heterocycles. The zero-order chi connectivity index (χ0) is 19.2. The van der Waals surface area contributed by atoms with Crippen LogP contribution in [0.1, 0.15) is 31.9 Å². The van der Waals surface area contributed by atoms with Gasteiger partial charge in [0.1, 0.15) is 18.1 Å². The van der Waals surface area contributed by atoms with E-state index in [1.165, 1.54) is 5.56 Å². The molecule has 0 unspecified atom stereocenters. The normalized spacial score (nSPS) is 11.1. The van der Waals surface area contributed by atoms with Gasteiger partial charge < -0.3 is 14.8 Å². The molecular weight excluding hydrogens is 350 g/mol. The van der Waals surface area contributed by atoms with E-state index in [4.69, 9.17) is 21.1 Å². The highest BCUT2D eigenvalue weighted by atomic mass is 35.5. The summed E-state index contributed by atoms with van der Waals surface area (Å²) in [5.41, 5.74) is 2.29. The van der Waals surface area contributed by atoms with E-state index in [0.29, 0.717) is 23.9 Å². The molecule has 140 valence electrons. The van der Waals surface area contributed by atoms with E-state index < -0.39 is 0 Å². The average Bonchev–Trinajstić information content (AvgIpc) is 2.59. The predicted octanol–water partition coefficient (Wildman–Crippen LogP) is 4.52. The van der Waals surface area contributed by atoms with E-state index in [2.05, 4.69) is 38.2 Å². The lowest BCUT2D eigenvalue weighted by Crippen LogP contribution is -2.32. The minimum Gasteiger partial charge on any atom is -0.492 e. The number of ether oxygens (including phenoxy) is 2. The van der Waals surface area contributed by atoms with Gasteiger partial charge in [0, 0.05) is 5.02 Å². The SMILES string of the molecule is Cc1cc(OCC(=O)NCCOc2ccc(C(C)(C)C)cc2)ccc1Cl. The highest BCUT2D eigenvalue weighted by molar-refractivity contribution is 6.31. The van der Waals surface area contributed by atoms with Crippen LogP contribution < -0.4 is 14.8 Å². The number of aryl methyl sites for hydroxylation is 1. The molecule has 2 rings (SSSR count). The molecule has 5 heteroatoms. The van der Waals surface area contributed by atoms with E-state index in [1.807, 2.05) is 19.1 Å². The third-order valence-electron chi connectivity index (χ3n) is 3.91. The van der Waals surface area contributed by atoms with Crippen molar-refractivity contribution < 1.29 is 14.3 Å². The van der Waals surface area contributed by atoms with Gasteiger partial charge in [-0.3, -0.25) is 4.79 Å². The van der Waals surface area contributed by atoms with Gasteiger partial charge in [0.05, 0.1) is 6.54 Å². The number of hydrogen-bond donors (Lipinski definition) is 1. The average molecular weight is 376 g/mol. The predicted molar refractivity (Wildman–Crippen MR) is 105 cm³/mol. The largest absolute Gasteiger partial charge is 0.492 e. The first kappa shape index (κ1) is 20.1. The maximum absolute atomic E-state index is 11.8. The van der Waals surface area contributed by atoms with Crippen molar-refractivity contribution in [2.75, 3.05) is 19.8 Å². The van der Waals surface area contributed by atoms with Crippen molar-refractivity contribution in [1.82, 2.24) is 5.32 Å². The third kappa shape index (κ3) is 6.26. The van der Waals surface area contributed by atoms with Gasteiger partial charge in [-0.1, -0.05) is 44.5 Å². The van der Waals surface area contributed by atoms with Crippen LogP contribution in [0.15, 0.2) is 42.5 Å². The van der Waals surface area contributed by atoms with Crippen molar-refractivity contribution in [2.24, 2.45) is 0 Å². The van der Waals surface area contributed by atoms with E-state index >= 15 is 0 Å². The molecule has 0 bridgehead atoms. The fourth-order valence-electron chi connectivity index (χ4n) is 2.32. The molecule has 1 N–H and O–H groups in total. The van der Waals surface area contributed by atoms with E-state index in [9.17, 15) is 4.79 Å². The summed E-state index contributed by atoms with van der Waals surface area (Å²) in [4.78, 5) is 11.8. The summed E-state index contributed by atoms with van der Waals surface area (Å²) in [6.45, 7) is 9.19. The topological polar surface area (TPSA) is 47.6 Å². The van der Waals surface area contributed by atoms with E-state index in [-0.39, 0.29) is 17.9 Å². The minimum atomic E-state index is -0.190. The first-order valence-corrected chi connectivity index (χ1v) is 9.02. The van der Waals surface area contributed by atoms with Crippen molar-refractivity contribution >= 4 is 17.5 Å². The van der Waals surface area contributed by atoms with Crippen LogP contribution in [0.25, 0.3) is 0 Å². The van der Waals surface area contributed by atoms with E-state index in [1.54, 1.807) is 18.2 Å². The van der Waals surface area contributed by atoms with Crippen LogP contribution in [0.5, 0.6) is 11.5 Å². The van der Waals surface area contributed by atoms with Crippen molar-refractivity contribution in [3.63, 3.8) is 0 Å². The summed E-state index contributed by atoms with van der Waals surface area (Å²) >= 11 is 5.96. The summed E-state index contributed by atoms with van der Waals surface area (Å²) in [5, 5.41) is 3.45. The van der Waals surface area contributed by atoms with Gasteiger partial charge in [0.2, 0.25) is 0 Å². The Kier molecular flexibility index (Phi) is 6.92. The molecule has 0 radical (unpaired) electrons. The first-order valence-electron chi connectivity index (χ1n) is 8.65. The maximum atomic E-state index is 11.8. The Morgan fingerprint density at radius 2 is 1.69 bits per heavy atom. The second-order valence-corrected chi connectivity index (χ2v) is 7.58. The highest BCUT2D eigenvalue weighted by Gasteiger charge is 2.12. The third-order valence-corrected chi connectivity index (χ3v) is 4.34. The lowest BCUT2D eigenvalue weighted by molar-refractivity contribution is -0.123. The lowest BCUT2D eigenvalue weighted by atomic mass is 9.87. The van der Waals surface area contributed by atoms with Gasteiger partial charge in [0.15, 0.2) is 6.61 Å². The van der Waals surface area contributed by atoms with Crippen LogP contribution in [0.4, 0.5) is 0 Å². The molecule has 0 saturated heterocycles. The monoisotopic (exact) mass is 375 g/mol. The first-order chi connectivity index (χ1) is 12.3. The molecule has 0 aliphatic carbocycles. The molecule has 0 aromatic heterocycles. The van der Waals surface area contributed by atoms with Crippen LogP contribution in [0, 0.1) is 6.92 Å². The van der Waals surface area contributed by atoms with Gasteiger partial charge in [-0.2, -0.15) is 0 Å². The van der Waals surface area contributed by atoms with Gasteiger partial charge in [-0.15, -0.1) is 0 Å². The zero-order valence-corrected chi connectivity index (χ0v) is 16.5. The summed E-state index contributed by atoms with van der Waals surface area (Å²) in [7, 11) is 0. The molecule has 26 heavy (non-hydrogen) atoms. The molecule has 1 amide bonds. The molecule has 2 aromatic carbocycles. The number of nitrogens with one attached hydrogen (secondary N) is 1. The Bertz CT molecular complexity index is 736. The number of hydrogen-bond acceptors (Lipinski definition) is 3. The number of rotatable bonds is 7. The number of benzene rings is 2. The highest BCUT2D eigenvalue weighted by Crippen LogP contribution is 2.24. The number of carbonyl (C=O) groups excluding carboxylic acids is 1. The van der Waals surface area contributed by atoms with Crippen LogP contribution in [-0.4, -0.2) is 25.7 Å². The van der Waals surface area contributed by atoms with Gasteiger partial charge in [0.25, 0.3) is 5.91 Å². The quantitative estimate of drug-likeness (QED) is 0.724. The molecule has 0 heterocycles. The standard InChI is InChI=1S/C21H26ClNO3/c1-15-13-18(9-10-19(15)22)26-14-20(24)23-11-12-25-17-7-5-16(6-8-17)21(2,3)4/h5-10,13H,11-12,14H2,1-4H3,(H,23,24). The molecule has 0 spiro atoms. The zero-order valence-electron chi connectivity index (χ0n) is 15.8. The van der Waals surface area contributed by atoms with Crippen LogP contribution in [0.2, 0.25) is 5.02 Å². The van der Waals surface area contributed by atoms with Crippen LogP contribution >= 0.6 is 11.6 Å². The Hall–Kier alpha value is -2.20. The Balaban J connectivity index is 1.67.